The van der Waals surface area contributed by atoms with Gasteiger partial charge in [0.25, 0.3) is 0 Å². The molecule has 0 aliphatic rings. The van der Waals surface area contributed by atoms with E-state index in [4.69, 9.17) is 0 Å². The summed E-state index contributed by atoms with van der Waals surface area (Å²) in [4.78, 5) is 0. The van der Waals surface area contributed by atoms with E-state index in [1.807, 2.05) is 6.08 Å². The molecule has 0 aromatic carbocycles. The van der Waals surface area contributed by atoms with Gasteiger partial charge in [-0.3, -0.25) is 0 Å². The van der Waals surface area contributed by atoms with Crippen LogP contribution < -0.4 is 0 Å². The molecular formula is C16H30. The molecular weight excluding hydrogens is 192 g/mol. The van der Waals surface area contributed by atoms with Crippen LogP contribution in [0.4, 0.5) is 0 Å². The molecule has 0 aliphatic carbocycles. The molecule has 0 atom stereocenters. The molecule has 0 rings (SSSR count). The molecule has 0 heterocycles. The number of hydrogen-bond acceptors (Lipinski definition) is 0. The van der Waals surface area contributed by atoms with Gasteiger partial charge in [0.05, 0.1) is 0 Å². The van der Waals surface area contributed by atoms with Gasteiger partial charge in [0.1, 0.15) is 0 Å². The predicted octanol–water partition coefficient (Wildman–Crippen LogP) is 6.04. The molecule has 0 radical (unpaired) electrons. The van der Waals surface area contributed by atoms with Crippen LogP contribution in [0.5, 0.6) is 0 Å². The number of rotatable bonds is 12. The SMILES string of the molecule is C=CCCCCCCC/C=C/CCCCC. The number of allylic oxidation sites excluding steroid dienone is 3. The van der Waals surface area contributed by atoms with Gasteiger partial charge in [-0.1, -0.05) is 57.3 Å². The predicted molar refractivity (Wildman–Crippen MR) is 75.8 cm³/mol. The lowest BCUT2D eigenvalue weighted by atomic mass is 10.1. The minimum Gasteiger partial charge on any atom is -0.103 e. The van der Waals surface area contributed by atoms with Crippen molar-refractivity contribution in [2.75, 3.05) is 0 Å². The van der Waals surface area contributed by atoms with Crippen LogP contribution in [0, 0.1) is 0 Å². The topological polar surface area (TPSA) is 0 Å². The summed E-state index contributed by atoms with van der Waals surface area (Å²) < 4.78 is 0. The van der Waals surface area contributed by atoms with Crippen molar-refractivity contribution in [3.63, 3.8) is 0 Å². The molecule has 0 saturated carbocycles. The largest absolute Gasteiger partial charge is 0.103 e. The monoisotopic (exact) mass is 222 g/mol. The lowest BCUT2D eigenvalue weighted by Gasteiger charge is -1.98. The average molecular weight is 222 g/mol. The molecule has 0 aromatic rings. The van der Waals surface area contributed by atoms with Gasteiger partial charge in [-0.05, 0) is 38.5 Å². The quantitative estimate of drug-likeness (QED) is 0.279. The molecule has 0 fully saturated rings. The molecule has 16 heavy (non-hydrogen) atoms. The Hall–Kier alpha value is -0.520. The van der Waals surface area contributed by atoms with Gasteiger partial charge in [0.15, 0.2) is 0 Å². The second kappa shape index (κ2) is 14.5. The van der Waals surface area contributed by atoms with Crippen molar-refractivity contribution in [2.45, 2.75) is 77.6 Å². The first-order valence-electron chi connectivity index (χ1n) is 7.17. The van der Waals surface area contributed by atoms with E-state index >= 15 is 0 Å². The molecule has 0 unspecified atom stereocenters. The van der Waals surface area contributed by atoms with E-state index in [1.54, 1.807) is 0 Å². The number of hydrogen-bond donors (Lipinski definition) is 0. The van der Waals surface area contributed by atoms with E-state index in [-0.39, 0.29) is 0 Å². The van der Waals surface area contributed by atoms with Crippen LogP contribution in [-0.2, 0) is 0 Å². The summed E-state index contributed by atoms with van der Waals surface area (Å²) in [5.74, 6) is 0. The maximum Gasteiger partial charge on any atom is -0.0351 e. The fourth-order valence-corrected chi connectivity index (χ4v) is 1.83. The summed E-state index contributed by atoms with van der Waals surface area (Å²) >= 11 is 0. The zero-order valence-electron chi connectivity index (χ0n) is 11.2. The second-order valence-electron chi connectivity index (χ2n) is 4.60. The molecule has 0 bridgehead atoms. The Balaban J connectivity index is 2.99. The van der Waals surface area contributed by atoms with Gasteiger partial charge >= 0.3 is 0 Å². The van der Waals surface area contributed by atoms with E-state index in [2.05, 4.69) is 25.7 Å². The molecule has 0 heteroatoms. The molecule has 0 nitrogen and oxygen atoms in total. The van der Waals surface area contributed by atoms with Crippen molar-refractivity contribution < 1.29 is 0 Å². The third-order valence-electron chi connectivity index (χ3n) is 2.92. The Morgan fingerprint density at radius 3 is 1.75 bits per heavy atom. The first-order valence-corrected chi connectivity index (χ1v) is 7.17. The van der Waals surface area contributed by atoms with Crippen LogP contribution in [0.25, 0.3) is 0 Å². The zero-order valence-corrected chi connectivity index (χ0v) is 11.2. The highest BCUT2D eigenvalue weighted by Crippen LogP contribution is 2.08. The van der Waals surface area contributed by atoms with Crippen molar-refractivity contribution in [3.8, 4) is 0 Å². The van der Waals surface area contributed by atoms with E-state index in [9.17, 15) is 0 Å². The Morgan fingerprint density at radius 2 is 1.19 bits per heavy atom. The third-order valence-corrected chi connectivity index (χ3v) is 2.92. The summed E-state index contributed by atoms with van der Waals surface area (Å²) in [5, 5.41) is 0. The standard InChI is InChI=1S/C16H30/c1-3-5-7-9-11-13-15-16-14-12-10-8-6-4-2/h3,12,14H,1,4-11,13,15-16H2,2H3/b14-12+. The highest BCUT2D eigenvalue weighted by Gasteiger charge is 1.88. The van der Waals surface area contributed by atoms with Crippen molar-refractivity contribution >= 4 is 0 Å². The third kappa shape index (κ3) is 13.5. The second-order valence-corrected chi connectivity index (χ2v) is 4.60. The van der Waals surface area contributed by atoms with Crippen LogP contribution >= 0.6 is 0 Å². The minimum atomic E-state index is 1.19. The van der Waals surface area contributed by atoms with Crippen LogP contribution in [-0.4, -0.2) is 0 Å². The highest BCUT2D eigenvalue weighted by atomic mass is 13.9. The van der Waals surface area contributed by atoms with Crippen LogP contribution in [0.2, 0.25) is 0 Å². The smallest absolute Gasteiger partial charge is 0.0351 e. The summed E-state index contributed by atoms with van der Waals surface area (Å²) in [5.41, 5.74) is 0. The Labute approximate surface area is 103 Å². The van der Waals surface area contributed by atoms with Gasteiger partial charge in [0, 0.05) is 0 Å². The molecule has 0 aromatic heterocycles. The van der Waals surface area contributed by atoms with Crippen molar-refractivity contribution in [3.05, 3.63) is 24.8 Å². The van der Waals surface area contributed by atoms with Crippen molar-refractivity contribution in [2.24, 2.45) is 0 Å². The summed E-state index contributed by atoms with van der Waals surface area (Å²) in [7, 11) is 0. The van der Waals surface area contributed by atoms with Gasteiger partial charge in [-0.2, -0.15) is 0 Å². The van der Waals surface area contributed by atoms with Crippen molar-refractivity contribution in [1.82, 2.24) is 0 Å². The Morgan fingerprint density at radius 1 is 0.688 bits per heavy atom. The van der Waals surface area contributed by atoms with E-state index < -0.39 is 0 Å². The van der Waals surface area contributed by atoms with Crippen molar-refractivity contribution in [1.29, 1.82) is 0 Å². The van der Waals surface area contributed by atoms with E-state index in [0.717, 1.165) is 0 Å². The molecule has 0 aliphatic heterocycles. The van der Waals surface area contributed by atoms with Gasteiger partial charge in [-0.25, -0.2) is 0 Å². The van der Waals surface area contributed by atoms with Gasteiger partial charge in [0.2, 0.25) is 0 Å². The normalized spacial score (nSPS) is 11.1. The summed E-state index contributed by atoms with van der Waals surface area (Å²) in [6.07, 6.45) is 21.5. The van der Waals surface area contributed by atoms with Gasteiger partial charge < -0.3 is 0 Å². The first-order chi connectivity index (χ1) is 7.91. The molecule has 94 valence electrons. The van der Waals surface area contributed by atoms with E-state index in [0.29, 0.717) is 0 Å². The lowest BCUT2D eigenvalue weighted by Crippen LogP contribution is -1.78. The molecule has 0 saturated heterocycles. The van der Waals surface area contributed by atoms with Gasteiger partial charge in [-0.15, -0.1) is 6.58 Å². The van der Waals surface area contributed by atoms with Crippen LogP contribution in [0.3, 0.4) is 0 Å². The number of unbranched alkanes of at least 4 members (excludes halogenated alkanes) is 9. The maximum atomic E-state index is 3.74. The zero-order chi connectivity index (χ0) is 11.9. The lowest BCUT2D eigenvalue weighted by molar-refractivity contribution is 0.621. The van der Waals surface area contributed by atoms with E-state index in [1.165, 1.54) is 70.6 Å². The Bertz CT molecular complexity index is 155. The minimum absolute atomic E-state index is 1.19. The maximum absolute atomic E-state index is 3.74. The van der Waals surface area contributed by atoms with Crippen LogP contribution in [0.15, 0.2) is 24.8 Å². The fourth-order valence-electron chi connectivity index (χ4n) is 1.83. The molecule has 0 spiro atoms. The molecule has 0 amide bonds. The summed E-state index contributed by atoms with van der Waals surface area (Å²) in [6, 6.07) is 0. The fraction of sp³-hybridized carbons (Fsp3) is 0.750. The highest BCUT2D eigenvalue weighted by molar-refractivity contribution is 4.81. The first kappa shape index (κ1) is 15.5. The Kier molecular flexibility index (Phi) is 14.0. The summed E-state index contributed by atoms with van der Waals surface area (Å²) in [6.45, 7) is 6.00. The van der Waals surface area contributed by atoms with Crippen LogP contribution in [0.1, 0.15) is 77.6 Å². The molecule has 0 N–H and O–H groups in total. The average Bonchev–Trinajstić information content (AvgIpc) is 2.31.